The molecule has 0 radical (unpaired) electrons. The van der Waals surface area contributed by atoms with Crippen LogP contribution >= 0.6 is 0 Å². The van der Waals surface area contributed by atoms with Gasteiger partial charge in [-0.25, -0.2) is 9.67 Å². The Labute approximate surface area is 217 Å². The van der Waals surface area contributed by atoms with Crippen LogP contribution in [0.4, 0.5) is 0 Å². The van der Waals surface area contributed by atoms with E-state index in [9.17, 15) is 5.26 Å². The molecule has 0 saturated heterocycles. The second kappa shape index (κ2) is 10.5. The van der Waals surface area contributed by atoms with Crippen molar-refractivity contribution >= 4 is 22.7 Å². The molecule has 0 aliphatic rings. The Morgan fingerprint density at radius 1 is 1.00 bits per heavy atom. The third-order valence-electron chi connectivity index (χ3n) is 6.30. The van der Waals surface area contributed by atoms with E-state index in [1.54, 1.807) is 0 Å². The lowest BCUT2D eigenvalue weighted by atomic mass is 10.1. The zero-order chi connectivity index (χ0) is 25.8. The van der Waals surface area contributed by atoms with E-state index in [1.807, 2.05) is 107 Å². The monoisotopic (exact) mass is 487 g/mol. The van der Waals surface area contributed by atoms with Gasteiger partial charge in [0.2, 0.25) is 0 Å². The van der Waals surface area contributed by atoms with Crippen molar-refractivity contribution in [1.82, 2.24) is 19.3 Å². The SMILES string of the molecule is CC(C)CCOc1ccc(-c2nn(-c3ccccc3)cc2/C=C(\C#N)c2nc3ccccc3n2C)cc1. The number of benzene rings is 3. The molecular weight excluding hydrogens is 458 g/mol. The first-order valence-corrected chi connectivity index (χ1v) is 12.5. The fourth-order valence-electron chi connectivity index (χ4n) is 4.24. The Bertz CT molecular complexity index is 1580. The number of hydrogen-bond donors (Lipinski definition) is 0. The summed E-state index contributed by atoms with van der Waals surface area (Å²) in [5.41, 5.74) is 5.81. The van der Waals surface area contributed by atoms with Gasteiger partial charge in [0.05, 0.1) is 34.6 Å². The quantitative estimate of drug-likeness (QED) is 0.223. The van der Waals surface area contributed by atoms with E-state index in [0.717, 1.165) is 45.7 Å². The third kappa shape index (κ3) is 5.17. The van der Waals surface area contributed by atoms with Crippen molar-refractivity contribution in [3.8, 4) is 28.8 Å². The standard InChI is InChI=1S/C31H29N5O/c1-22(2)17-18-37-27-15-13-23(14-16-27)30-25(21-36(34-30)26-9-5-4-6-10-26)19-24(20-32)31-33-28-11-7-8-12-29(28)35(31)3/h4-16,19,21-22H,17-18H2,1-3H3/b24-19+. The second-order valence-corrected chi connectivity index (χ2v) is 9.42. The first kappa shape index (κ1) is 24.1. The molecule has 5 rings (SSSR count). The summed E-state index contributed by atoms with van der Waals surface area (Å²) >= 11 is 0. The lowest BCUT2D eigenvalue weighted by molar-refractivity contribution is 0.289. The molecule has 0 fully saturated rings. The van der Waals surface area contributed by atoms with Crippen LogP contribution in [0, 0.1) is 17.2 Å². The van der Waals surface area contributed by atoms with Crippen LogP contribution in [-0.2, 0) is 7.05 Å². The molecule has 2 heterocycles. The zero-order valence-corrected chi connectivity index (χ0v) is 21.3. The maximum absolute atomic E-state index is 10.1. The minimum Gasteiger partial charge on any atom is -0.494 e. The van der Waals surface area contributed by atoms with E-state index in [0.29, 0.717) is 23.9 Å². The molecule has 2 aromatic heterocycles. The van der Waals surface area contributed by atoms with Gasteiger partial charge in [0, 0.05) is 24.4 Å². The molecule has 0 N–H and O–H groups in total. The molecule has 0 bridgehead atoms. The number of ether oxygens (including phenoxy) is 1. The van der Waals surface area contributed by atoms with Crippen LogP contribution in [0.1, 0.15) is 31.7 Å². The van der Waals surface area contributed by atoms with Crippen molar-refractivity contribution in [2.45, 2.75) is 20.3 Å². The average molecular weight is 488 g/mol. The highest BCUT2D eigenvalue weighted by atomic mass is 16.5. The highest BCUT2D eigenvalue weighted by molar-refractivity contribution is 5.93. The van der Waals surface area contributed by atoms with Gasteiger partial charge in [0.1, 0.15) is 11.8 Å². The largest absolute Gasteiger partial charge is 0.494 e. The highest BCUT2D eigenvalue weighted by Crippen LogP contribution is 2.30. The van der Waals surface area contributed by atoms with Crippen LogP contribution in [0.25, 0.3) is 39.6 Å². The summed E-state index contributed by atoms with van der Waals surface area (Å²) in [6, 6.07) is 28.2. The van der Waals surface area contributed by atoms with Crippen LogP contribution in [0.15, 0.2) is 85.1 Å². The van der Waals surface area contributed by atoms with Crippen LogP contribution < -0.4 is 4.74 Å². The number of allylic oxidation sites excluding steroid dienone is 1. The molecule has 0 atom stereocenters. The summed E-state index contributed by atoms with van der Waals surface area (Å²) in [6.07, 6.45) is 4.84. The molecule has 6 nitrogen and oxygen atoms in total. The third-order valence-corrected chi connectivity index (χ3v) is 6.30. The van der Waals surface area contributed by atoms with Gasteiger partial charge in [-0.15, -0.1) is 0 Å². The Hall–Kier alpha value is -4.63. The second-order valence-electron chi connectivity index (χ2n) is 9.42. The van der Waals surface area contributed by atoms with Crippen molar-refractivity contribution < 1.29 is 4.74 Å². The van der Waals surface area contributed by atoms with Crippen LogP contribution in [0.3, 0.4) is 0 Å². The number of nitriles is 1. The van der Waals surface area contributed by atoms with Gasteiger partial charge in [0.25, 0.3) is 0 Å². The molecule has 0 saturated carbocycles. The summed E-state index contributed by atoms with van der Waals surface area (Å²) < 4.78 is 9.70. The number of nitrogens with zero attached hydrogens (tertiary/aromatic N) is 5. The number of fused-ring (bicyclic) bond motifs is 1. The topological polar surface area (TPSA) is 68.7 Å². The molecule has 0 aliphatic heterocycles. The van der Waals surface area contributed by atoms with Gasteiger partial charge < -0.3 is 9.30 Å². The van der Waals surface area contributed by atoms with Crippen molar-refractivity contribution in [2.24, 2.45) is 13.0 Å². The lowest BCUT2D eigenvalue weighted by Gasteiger charge is -2.08. The van der Waals surface area contributed by atoms with E-state index >= 15 is 0 Å². The van der Waals surface area contributed by atoms with Gasteiger partial charge in [-0.1, -0.05) is 44.2 Å². The summed E-state index contributed by atoms with van der Waals surface area (Å²) in [5, 5.41) is 15.0. The molecule has 3 aromatic carbocycles. The minimum absolute atomic E-state index is 0.473. The maximum atomic E-state index is 10.1. The van der Waals surface area contributed by atoms with Gasteiger partial charge in [0.15, 0.2) is 5.82 Å². The Morgan fingerprint density at radius 2 is 1.73 bits per heavy atom. The molecule has 0 amide bonds. The molecule has 6 heteroatoms. The number of hydrogen-bond acceptors (Lipinski definition) is 4. The van der Waals surface area contributed by atoms with Crippen molar-refractivity contribution in [2.75, 3.05) is 6.61 Å². The Morgan fingerprint density at radius 3 is 2.43 bits per heavy atom. The summed E-state index contributed by atoms with van der Waals surface area (Å²) in [6.45, 7) is 5.07. The van der Waals surface area contributed by atoms with Crippen molar-refractivity contribution in [3.63, 3.8) is 0 Å². The summed E-state index contributed by atoms with van der Waals surface area (Å²) in [7, 11) is 1.93. The molecule has 0 aliphatic carbocycles. The van der Waals surface area contributed by atoms with Crippen molar-refractivity contribution in [1.29, 1.82) is 5.26 Å². The molecule has 37 heavy (non-hydrogen) atoms. The average Bonchev–Trinajstić information content (AvgIpc) is 3.49. The van der Waals surface area contributed by atoms with Gasteiger partial charge in [-0.2, -0.15) is 10.4 Å². The first-order valence-electron chi connectivity index (χ1n) is 12.5. The molecule has 0 unspecified atom stereocenters. The van der Waals surface area contributed by atoms with E-state index in [2.05, 4.69) is 19.9 Å². The molecule has 184 valence electrons. The number of aromatic nitrogens is 4. The first-order chi connectivity index (χ1) is 18.0. The van der Waals surface area contributed by atoms with E-state index < -0.39 is 0 Å². The van der Waals surface area contributed by atoms with E-state index in [1.165, 1.54) is 0 Å². The van der Waals surface area contributed by atoms with Gasteiger partial charge >= 0.3 is 0 Å². The summed E-state index contributed by atoms with van der Waals surface area (Å²) in [4.78, 5) is 4.73. The van der Waals surface area contributed by atoms with Gasteiger partial charge in [-0.05, 0) is 66.9 Å². The van der Waals surface area contributed by atoms with Crippen molar-refractivity contribution in [3.05, 3.63) is 96.4 Å². The van der Waals surface area contributed by atoms with Crippen LogP contribution in [-0.4, -0.2) is 25.9 Å². The number of aryl methyl sites for hydroxylation is 1. The van der Waals surface area contributed by atoms with Crippen LogP contribution in [0.5, 0.6) is 5.75 Å². The molecule has 5 aromatic rings. The molecule has 0 spiro atoms. The number of rotatable bonds is 8. The fraction of sp³-hybridized carbons (Fsp3) is 0.194. The fourth-order valence-corrected chi connectivity index (χ4v) is 4.24. The lowest BCUT2D eigenvalue weighted by Crippen LogP contribution is -2.01. The number of para-hydroxylation sites is 3. The Balaban J connectivity index is 1.56. The highest BCUT2D eigenvalue weighted by Gasteiger charge is 2.16. The zero-order valence-electron chi connectivity index (χ0n) is 21.3. The minimum atomic E-state index is 0.473. The smallest absolute Gasteiger partial charge is 0.151 e. The maximum Gasteiger partial charge on any atom is 0.151 e. The number of imidazole rings is 1. The van der Waals surface area contributed by atoms with E-state index in [-0.39, 0.29) is 0 Å². The van der Waals surface area contributed by atoms with E-state index in [4.69, 9.17) is 14.8 Å². The van der Waals surface area contributed by atoms with Gasteiger partial charge in [-0.3, -0.25) is 0 Å². The van der Waals surface area contributed by atoms with Crippen LogP contribution in [0.2, 0.25) is 0 Å². The predicted molar refractivity (Wildman–Crippen MR) is 148 cm³/mol. The summed E-state index contributed by atoms with van der Waals surface area (Å²) in [5.74, 6) is 2.05. The Kier molecular flexibility index (Phi) is 6.87. The molecular formula is C31H29N5O. The predicted octanol–water partition coefficient (Wildman–Crippen LogP) is 6.92. The normalized spacial score (nSPS) is 11.7.